The predicted octanol–water partition coefficient (Wildman–Crippen LogP) is 0.709. The van der Waals surface area contributed by atoms with Crippen molar-refractivity contribution in [3.63, 3.8) is 0 Å². The summed E-state index contributed by atoms with van der Waals surface area (Å²) < 4.78 is 28.2. The Kier molecular flexibility index (Phi) is 4.55. The van der Waals surface area contributed by atoms with Crippen LogP contribution >= 0.6 is 0 Å². The van der Waals surface area contributed by atoms with Crippen molar-refractivity contribution in [3.05, 3.63) is 0 Å². The maximum atomic E-state index is 11.3. The Morgan fingerprint density at radius 3 is 2.40 bits per heavy atom. The monoisotopic (exact) mass is 235 g/mol. The fourth-order valence-corrected chi connectivity index (χ4v) is 2.58. The molecular formula is C10H21NO3S. The summed E-state index contributed by atoms with van der Waals surface area (Å²) in [4.78, 5) is 0. The number of ether oxygens (including phenoxy) is 1. The molecule has 5 heteroatoms. The molecule has 0 spiro atoms. The van der Waals surface area contributed by atoms with Crippen LogP contribution in [0.1, 0.15) is 32.6 Å². The number of sulfone groups is 1. The van der Waals surface area contributed by atoms with Crippen molar-refractivity contribution < 1.29 is 13.2 Å². The molecule has 1 saturated carbocycles. The Hall–Kier alpha value is -0.130. The summed E-state index contributed by atoms with van der Waals surface area (Å²) in [5.41, 5.74) is 5.44. The molecule has 0 bridgehead atoms. The highest BCUT2D eigenvalue weighted by atomic mass is 32.2. The van der Waals surface area contributed by atoms with Crippen molar-refractivity contribution >= 4 is 9.84 Å². The van der Waals surface area contributed by atoms with Gasteiger partial charge in [0, 0.05) is 12.3 Å². The standard InChI is InChI=1S/C10H21NO3S/c1-2-15(12,13)8-7-14-10(9-11)5-3-4-6-10/h2-9,11H2,1H3. The summed E-state index contributed by atoms with van der Waals surface area (Å²) in [7, 11) is -2.91. The van der Waals surface area contributed by atoms with Crippen LogP contribution < -0.4 is 5.73 Å². The molecule has 1 aliphatic carbocycles. The van der Waals surface area contributed by atoms with Crippen LogP contribution in [0.4, 0.5) is 0 Å². The largest absolute Gasteiger partial charge is 0.373 e. The zero-order valence-electron chi connectivity index (χ0n) is 9.37. The molecule has 0 atom stereocenters. The smallest absolute Gasteiger partial charge is 0.152 e. The fraction of sp³-hybridized carbons (Fsp3) is 1.00. The second-order valence-electron chi connectivity index (χ2n) is 4.18. The number of rotatable bonds is 6. The number of hydrogen-bond donors (Lipinski definition) is 1. The molecule has 15 heavy (non-hydrogen) atoms. The molecule has 1 rings (SSSR count). The molecular weight excluding hydrogens is 214 g/mol. The highest BCUT2D eigenvalue weighted by Gasteiger charge is 2.33. The van der Waals surface area contributed by atoms with Gasteiger partial charge in [-0.3, -0.25) is 0 Å². The van der Waals surface area contributed by atoms with E-state index >= 15 is 0 Å². The molecule has 0 aromatic rings. The summed E-state index contributed by atoms with van der Waals surface area (Å²) in [6.45, 7) is 2.44. The van der Waals surface area contributed by atoms with Crippen molar-refractivity contribution in [1.29, 1.82) is 0 Å². The van der Waals surface area contributed by atoms with Gasteiger partial charge in [0.15, 0.2) is 9.84 Å². The highest BCUT2D eigenvalue weighted by Crippen LogP contribution is 2.32. The Bertz CT molecular complexity index is 281. The molecule has 1 fully saturated rings. The van der Waals surface area contributed by atoms with Gasteiger partial charge in [0.05, 0.1) is 18.0 Å². The Labute approximate surface area is 92.1 Å². The molecule has 0 unspecified atom stereocenters. The molecule has 0 radical (unpaired) electrons. The van der Waals surface area contributed by atoms with Crippen LogP contribution in [0, 0.1) is 0 Å². The van der Waals surface area contributed by atoms with Crippen LogP contribution in [0.15, 0.2) is 0 Å². The van der Waals surface area contributed by atoms with Crippen LogP contribution in [-0.2, 0) is 14.6 Å². The molecule has 0 aliphatic heterocycles. The minimum atomic E-state index is -2.91. The molecule has 4 nitrogen and oxygen atoms in total. The lowest BCUT2D eigenvalue weighted by molar-refractivity contribution is -0.0255. The Morgan fingerprint density at radius 1 is 1.33 bits per heavy atom. The SMILES string of the molecule is CCS(=O)(=O)CCOC1(CN)CCCC1. The van der Waals surface area contributed by atoms with Crippen LogP contribution in [0.2, 0.25) is 0 Å². The molecule has 0 amide bonds. The summed E-state index contributed by atoms with van der Waals surface area (Å²) in [5, 5.41) is 0. The summed E-state index contributed by atoms with van der Waals surface area (Å²) in [6.07, 6.45) is 4.21. The topological polar surface area (TPSA) is 69.4 Å². The van der Waals surface area contributed by atoms with Gasteiger partial charge in [0.1, 0.15) is 0 Å². The third kappa shape index (κ3) is 3.74. The van der Waals surface area contributed by atoms with E-state index in [-0.39, 0.29) is 23.7 Å². The summed E-state index contributed by atoms with van der Waals surface area (Å²) in [6, 6.07) is 0. The van der Waals surface area contributed by atoms with Gasteiger partial charge in [0.2, 0.25) is 0 Å². The van der Waals surface area contributed by atoms with E-state index in [1.165, 1.54) is 0 Å². The lowest BCUT2D eigenvalue weighted by atomic mass is 10.0. The number of hydrogen-bond acceptors (Lipinski definition) is 4. The van der Waals surface area contributed by atoms with Crippen molar-refractivity contribution in [1.82, 2.24) is 0 Å². The normalized spacial score (nSPS) is 20.7. The van der Waals surface area contributed by atoms with Gasteiger partial charge >= 0.3 is 0 Å². The van der Waals surface area contributed by atoms with Crippen LogP contribution in [0.5, 0.6) is 0 Å². The highest BCUT2D eigenvalue weighted by molar-refractivity contribution is 7.91. The van der Waals surface area contributed by atoms with Gasteiger partial charge in [-0.1, -0.05) is 19.8 Å². The van der Waals surface area contributed by atoms with Crippen molar-refractivity contribution in [3.8, 4) is 0 Å². The van der Waals surface area contributed by atoms with Crippen molar-refractivity contribution in [2.45, 2.75) is 38.2 Å². The molecule has 0 heterocycles. The predicted molar refractivity (Wildman–Crippen MR) is 60.5 cm³/mol. The minimum Gasteiger partial charge on any atom is -0.373 e. The van der Waals surface area contributed by atoms with E-state index in [4.69, 9.17) is 10.5 Å². The third-order valence-corrected chi connectivity index (χ3v) is 4.80. The van der Waals surface area contributed by atoms with Crippen LogP contribution in [0.25, 0.3) is 0 Å². The number of nitrogens with two attached hydrogens (primary N) is 1. The third-order valence-electron chi connectivity index (χ3n) is 3.13. The van der Waals surface area contributed by atoms with E-state index in [9.17, 15) is 8.42 Å². The minimum absolute atomic E-state index is 0.116. The van der Waals surface area contributed by atoms with E-state index in [1.54, 1.807) is 6.92 Å². The first-order chi connectivity index (χ1) is 7.04. The first-order valence-electron chi connectivity index (χ1n) is 5.58. The van der Waals surface area contributed by atoms with Crippen molar-refractivity contribution in [2.75, 3.05) is 24.7 Å². The zero-order valence-corrected chi connectivity index (χ0v) is 10.2. The quantitative estimate of drug-likeness (QED) is 0.736. The first-order valence-corrected chi connectivity index (χ1v) is 7.40. The van der Waals surface area contributed by atoms with Crippen molar-refractivity contribution in [2.24, 2.45) is 5.73 Å². The van der Waals surface area contributed by atoms with Gasteiger partial charge in [-0.05, 0) is 12.8 Å². The molecule has 90 valence electrons. The molecule has 0 aromatic carbocycles. The average Bonchev–Trinajstić information content (AvgIpc) is 2.67. The molecule has 0 aromatic heterocycles. The molecule has 0 saturated heterocycles. The molecule has 2 N–H and O–H groups in total. The maximum Gasteiger partial charge on any atom is 0.152 e. The second-order valence-corrected chi connectivity index (χ2v) is 6.65. The van der Waals surface area contributed by atoms with E-state index < -0.39 is 9.84 Å². The molecule has 1 aliphatic rings. The van der Waals surface area contributed by atoms with Crippen LogP contribution in [-0.4, -0.2) is 38.7 Å². The fourth-order valence-electron chi connectivity index (χ4n) is 1.96. The maximum absolute atomic E-state index is 11.3. The van der Waals surface area contributed by atoms with Gasteiger partial charge < -0.3 is 10.5 Å². The average molecular weight is 235 g/mol. The first kappa shape index (κ1) is 12.9. The Morgan fingerprint density at radius 2 is 1.93 bits per heavy atom. The zero-order chi connectivity index (χ0) is 11.4. The Balaban J connectivity index is 2.36. The van der Waals surface area contributed by atoms with Crippen LogP contribution in [0.3, 0.4) is 0 Å². The summed E-state index contributed by atoms with van der Waals surface area (Å²) >= 11 is 0. The summed E-state index contributed by atoms with van der Waals surface area (Å²) in [5.74, 6) is 0.303. The van der Waals surface area contributed by atoms with Gasteiger partial charge in [-0.2, -0.15) is 0 Å². The lowest BCUT2D eigenvalue weighted by Gasteiger charge is -2.27. The lowest BCUT2D eigenvalue weighted by Crippen LogP contribution is -2.39. The van der Waals surface area contributed by atoms with Gasteiger partial charge in [0.25, 0.3) is 0 Å². The van der Waals surface area contributed by atoms with E-state index in [1.807, 2.05) is 0 Å². The van der Waals surface area contributed by atoms with E-state index in [0.717, 1.165) is 25.7 Å². The van der Waals surface area contributed by atoms with Gasteiger partial charge in [-0.25, -0.2) is 8.42 Å². The van der Waals surface area contributed by atoms with Gasteiger partial charge in [-0.15, -0.1) is 0 Å². The van der Waals surface area contributed by atoms with E-state index in [2.05, 4.69) is 0 Å². The second kappa shape index (κ2) is 5.27. The van der Waals surface area contributed by atoms with E-state index in [0.29, 0.717) is 6.54 Å².